The fraction of sp³-hybridized carbons (Fsp3) is 0.571. The lowest BCUT2D eigenvalue weighted by Crippen LogP contribution is -2.52. The summed E-state index contributed by atoms with van der Waals surface area (Å²) in [5.41, 5.74) is 2.60. The number of rotatable bonds is 5. The Morgan fingerprint density at radius 1 is 1.07 bits per heavy atom. The molecule has 0 saturated carbocycles. The zero-order valence-electron chi connectivity index (χ0n) is 16.8. The van der Waals surface area contributed by atoms with Crippen molar-refractivity contribution in [1.29, 1.82) is 0 Å². The van der Waals surface area contributed by atoms with Crippen molar-refractivity contribution in [3.05, 3.63) is 29.3 Å². The average Bonchev–Trinajstić information content (AvgIpc) is 3.05. The lowest BCUT2D eigenvalue weighted by molar-refractivity contribution is -0.141. The molecular weight excluding hydrogens is 374 g/mol. The standard InChI is InChI=1S/C21H27N3O5/c1-28-21(29-2)13-7-9-23(10-8-13)15-4-3-14-12-24(20(27)16(14)11-15)17-5-6-18(25)22-19(17)26/h3-4,11,13,17,21H,5-10,12H2,1-2H3,(H,22,25,26). The number of carbonyl (C=O) groups excluding carboxylic acids is 3. The van der Waals surface area contributed by atoms with Crippen molar-refractivity contribution in [3.63, 3.8) is 0 Å². The Bertz CT molecular complexity index is 815. The quantitative estimate of drug-likeness (QED) is 0.591. The topological polar surface area (TPSA) is 88.2 Å². The molecule has 0 aromatic heterocycles. The van der Waals surface area contributed by atoms with Gasteiger partial charge in [-0.05, 0) is 37.0 Å². The summed E-state index contributed by atoms with van der Waals surface area (Å²) in [5, 5.41) is 2.34. The number of benzene rings is 1. The van der Waals surface area contributed by atoms with E-state index in [0.717, 1.165) is 37.2 Å². The Labute approximate surface area is 170 Å². The van der Waals surface area contributed by atoms with Crippen LogP contribution >= 0.6 is 0 Å². The molecule has 4 rings (SSSR count). The molecule has 0 spiro atoms. The van der Waals surface area contributed by atoms with Crippen LogP contribution in [0.2, 0.25) is 0 Å². The van der Waals surface area contributed by atoms with Gasteiger partial charge in [-0.1, -0.05) is 6.07 Å². The van der Waals surface area contributed by atoms with Crippen LogP contribution in [0, 0.1) is 5.92 Å². The lowest BCUT2D eigenvalue weighted by Gasteiger charge is -2.36. The summed E-state index contributed by atoms with van der Waals surface area (Å²) in [7, 11) is 3.34. The minimum Gasteiger partial charge on any atom is -0.371 e. The minimum atomic E-state index is -0.577. The zero-order chi connectivity index (χ0) is 20.5. The first-order valence-electron chi connectivity index (χ1n) is 10.1. The number of nitrogens with zero attached hydrogens (tertiary/aromatic N) is 2. The van der Waals surface area contributed by atoms with Crippen molar-refractivity contribution in [1.82, 2.24) is 10.2 Å². The smallest absolute Gasteiger partial charge is 0.255 e. The van der Waals surface area contributed by atoms with Gasteiger partial charge in [0.1, 0.15) is 6.04 Å². The van der Waals surface area contributed by atoms with Gasteiger partial charge in [-0.25, -0.2) is 0 Å². The Balaban J connectivity index is 1.45. The molecule has 1 N–H and O–H groups in total. The molecular formula is C21H27N3O5. The Morgan fingerprint density at radius 3 is 2.45 bits per heavy atom. The molecule has 2 fully saturated rings. The maximum atomic E-state index is 13.0. The van der Waals surface area contributed by atoms with Gasteiger partial charge in [0, 0.05) is 57.4 Å². The van der Waals surface area contributed by atoms with Crippen LogP contribution in [0.15, 0.2) is 18.2 Å². The Hall–Kier alpha value is -2.45. The predicted molar refractivity (Wildman–Crippen MR) is 105 cm³/mol. The van der Waals surface area contributed by atoms with E-state index in [0.29, 0.717) is 24.4 Å². The molecule has 1 atom stereocenters. The summed E-state index contributed by atoms with van der Waals surface area (Å²) < 4.78 is 10.8. The summed E-state index contributed by atoms with van der Waals surface area (Å²) in [6.07, 6.45) is 2.38. The van der Waals surface area contributed by atoms with Crippen LogP contribution in [0.3, 0.4) is 0 Å². The van der Waals surface area contributed by atoms with Crippen molar-refractivity contribution in [2.45, 2.75) is 44.6 Å². The average molecular weight is 401 g/mol. The summed E-state index contributed by atoms with van der Waals surface area (Å²) in [4.78, 5) is 40.4. The number of amides is 3. The van der Waals surface area contributed by atoms with Gasteiger partial charge in [-0.3, -0.25) is 19.7 Å². The largest absolute Gasteiger partial charge is 0.371 e. The third kappa shape index (κ3) is 3.74. The highest BCUT2D eigenvalue weighted by atomic mass is 16.7. The molecule has 156 valence electrons. The second-order valence-electron chi connectivity index (χ2n) is 7.91. The van der Waals surface area contributed by atoms with Gasteiger partial charge in [-0.15, -0.1) is 0 Å². The fourth-order valence-corrected chi connectivity index (χ4v) is 4.65. The van der Waals surface area contributed by atoms with Gasteiger partial charge in [0.2, 0.25) is 11.8 Å². The monoisotopic (exact) mass is 401 g/mol. The molecule has 1 aromatic rings. The van der Waals surface area contributed by atoms with Crippen molar-refractivity contribution in [2.75, 3.05) is 32.2 Å². The molecule has 8 heteroatoms. The number of methoxy groups -OCH3 is 2. The van der Waals surface area contributed by atoms with E-state index in [1.54, 1.807) is 19.1 Å². The van der Waals surface area contributed by atoms with E-state index >= 15 is 0 Å². The molecule has 2 saturated heterocycles. The Kier molecular flexibility index (Phi) is 5.56. The maximum Gasteiger partial charge on any atom is 0.255 e. The predicted octanol–water partition coefficient (Wildman–Crippen LogP) is 1.28. The highest BCUT2D eigenvalue weighted by molar-refractivity contribution is 6.05. The number of nitrogens with one attached hydrogen (secondary N) is 1. The van der Waals surface area contributed by atoms with Crippen LogP contribution in [0.5, 0.6) is 0 Å². The number of imide groups is 1. The molecule has 29 heavy (non-hydrogen) atoms. The Morgan fingerprint density at radius 2 is 1.79 bits per heavy atom. The molecule has 3 aliphatic rings. The second-order valence-corrected chi connectivity index (χ2v) is 7.91. The van der Waals surface area contributed by atoms with Crippen LogP contribution in [0.1, 0.15) is 41.6 Å². The van der Waals surface area contributed by atoms with Crippen LogP contribution in [-0.2, 0) is 25.6 Å². The number of fused-ring (bicyclic) bond motifs is 1. The van der Waals surface area contributed by atoms with Gasteiger partial charge in [0.25, 0.3) is 5.91 Å². The van der Waals surface area contributed by atoms with Crippen molar-refractivity contribution >= 4 is 23.4 Å². The van der Waals surface area contributed by atoms with E-state index in [9.17, 15) is 14.4 Å². The summed E-state index contributed by atoms with van der Waals surface area (Å²) in [5.74, 6) is -0.425. The number of anilines is 1. The van der Waals surface area contributed by atoms with Crippen molar-refractivity contribution in [3.8, 4) is 0 Å². The molecule has 0 bridgehead atoms. The molecule has 1 aromatic carbocycles. The first kappa shape index (κ1) is 19.8. The van der Waals surface area contributed by atoms with Gasteiger partial charge < -0.3 is 19.3 Å². The van der Waals surface area contributed by atoms with E-state index in [1.807, 2.05) is 18.2 Å². The van der Waals surface area contributed by atoms with E-state index in [-0.39, 0.29) is 30.4 Å². The molecule has 3 aliphatic heterocycles. The third-order valence-electron chi connectivity index (χ3n) is 6.27. The van der Waals surface area contributed by atoms with Crippen LogP contribution in [0.4, 0.5) is 5.69 Å². The number of carbonyl (C=O) groups is 3. The van der Waals surface area contributed by atoms with Crippen molar-refractivity contribution in [2.24, 2.45) is 5.92 Å². The zero-order valence-corrected chi connectivity index (χ0v) is 16.8. The number of piperidine rings is 2. The normalized spacial score (nSPS) is 23.0. The molecule has 0 aliphatic carbocycles. The van der Waals surface area contributed by atoms with Gasteiger partial charge in [-0.2, -0.15) is 0 Å². The van der Waals surface area contributed by atoms with E-state index in [2.05, 4.69) is 10.2 Å². The molecule has 0 radical (unpaired) electrons. The molecule has 1 unspecified atom stereocenters. The van der Waals surface area contributed by atoms with E-state index < -0.39 is 6.04 Å². The number of hydrogen-bond acceptors (Lipinski definition) is 6. The fourth-order valence-electron chi connectivity index (χ4n) is 4.65. The SMILES string of the molecule is COC(OC)C1CCN(c2ccc3c(c2)C(=O)N(C2CCC(=O)NC2=O)C3)CC1. The lowest BCUT2D eigenvalue weighted by atomic mass is 9.95. The number of ether oxygens (including phenoxy) is 2. The highest BCUT2D eigenvalue weighted by Gasteiger charge is 2.39. The first-order valence-corrected chi connectivity index (χ1v) is 10.1. The van der Waals surface area contributed by atoms with Crippen LogP contribution in [0.25, 0.3) is 0 Å². The number of hydrogen-bond donors (Lipinski definition) is 1. The molecule has 3 amide bonds. The minimum absolute atomic E-state index is 0.134. The van der Waals surface area contributed by atoms with E-state index in [1.165, 1.54) is 0 Å². The first-order chi connectivity index (χ1) is 14.0. The van der Waals surface area contributed by atoms with Gasteiger partial charge >= 0.3 is 0 Å². The van der Waals surface area contributed by atoms with Gasteiger partial charge in [0.15, 0.2) is 6.29 Å². The van der Waals surface area contributed by atoms with Gasteiger partial charge in [0.05, 0.1) is 0 Å². The van der Waals surface area contributed by atoms with Crippen molar-refractivity contribution < 1.29 is 23.9 Å². The summed E-state index contributed by atoms with van der Waals surface area (Å²) >= 11 is 0. The van der Waals surface area contributed by atoms with Crippen LogP contribution < -0.4 is 10.2 Å². The second kappa shape index (κ2) is 8.12. The summed E-state index contributed by atoms with van der Waals surface area (Å²) in [6.45, 7) is 2.15. The molecule has 3 heterocycles. The highest BCUT2D eigenvalue weighted by Crippen LogP contribution is 2.32. The third-order valence-corrected chi connectivity index (χ3v) is 6.27. The van der Waals surface area contributed by atoms with E-state index in [4.69, 9.17) is 9.47 Å². The molecule has 8 nitrogen and oxygen atoms in total. The summed E-state index contributed by atoms with van der Waals surface area (Å²) in [6, 6.07) is 5.39. The van der Waals surface area contributed by atoms with Crippen LogP contribution in [-0.4, -0.2) is 62.3 Å². The maximum absolute atomic E-state index is 13.0.